The summed E-state index contributed by atoms with van der Waals surface area (Å²) in [6.07, 6.45) is 3.39. The van der Waals surface area contributed by atoms with Crippen LogP contribution in [0.2, 0.25) is 0 Å². The molecule has 0 heterocycles. The average Bonchev–Trinajstić information content (AvgIpc) is 2.58. The van der Waals surface area contributed by atoms with Gasteiger partial charge in [-0.1, -0.05) is 57.2 Å². The minimum Gasteiger partial charge on any atom is -0.497 e. The molecule has 24 heavy (non-hydrogen) atoms. The number of hydrogen-bond donors (Lipinski definition) is 1. The second-order valence-corrected chi connectivity index (χ2v) is 6.77. The minimum atomic E-state index is -0.106. The van der Waals surface area contributed by atoms with E-state index in [0.717, 1.165) is 16.9 Å². The smallest absolute Gasteiger partial charge is 0.244 e. The van der Waals surface area contributed by atoms with Crippen LogP contribution in [0.5, 0.6) is 5.75 Å². The van der Waals surface area contributed by atoms with Gasteiger partial charge in [0, 0.05) is 12.6 Å². The molecular weight excluding hydrogens is 298 g/mol. The summed E-state index contributed by atoms with van der Waals surface area (Å²) in [7, 11) is 1.63. The molecule has 0 bridgehead atoms. The van der Waals surface area contributed by atoms with Crippen LogP contribution in [0.15, 0.2) is 54.6 Å². The van der Waals surface area contributed by atoms with Crippen LogP contribution in [0.4, 0.5) is 0 Å². The van der Waals surface area contributed by atoms with Crippen molar-refractivity contribution in [1.82, 2.24) is 5.32 Å². The minimum absolute atomic E-state index is 0.106. The summed E-state index contributed by atoms with van der Waals surface area (Å²) in [5.41, 5.74) is 3.47. The number of methoxy groups -OCH3 is 1. The van der Waals surface area contributed by atoms with Crippen LogP contribution in [-0.4, -0.2) is 13.0 Å². The molecule has 0 unspecified atom stereocenters. The van der Waals surface area contributed by atoms with Gasteiger partial charge in [-0.2, -0.15) is 0 Å². The van der Waals surface area contributed by atoms with Gasteiger partial charge < -0.3 is 10.1 Å². The number of rotatable bonds is 5. The quantitative estimate of drug-likeness (QED) is 0.832. The molecule has 0 saturated heterocycles. The van der Waals surface area contributed by atoms with Crippen LogP contribution in [0, 0.1) is 0 Å². The molecule has 2 aromatic carbocycles. The van der Waals surface area contributed by atoms with E-state index in [4.69, 9.17) is 4.74 Å². The first kappa shape index (κ1) is 17.8. The highest BCUT2D eigenvalue weighted by Gasteiger charge is 2.12. The highest BCUT2D eigenvalue weighted by molar-refractivity contribution is 5.91. The molecule has 126 valence electrons. The Morgan fingerprint density at radius 3 is 2.21 bits per heavy atom. The second-order valence-electron chi connectivity index (χ2n) is 6.77. The third-order valence-corrected chi connectivity index (χ3v) is 3.83. The number of benzene rings is 2. The summed E-state index contributed by atoms with van der Waals surface area (Å²) in [5.74, 6) is 0.703. The van der Waals surface area contributed by atoms with Crippen molar-refractivity contribution in [2.45, 2.75) is 32.7 Å². The van der Waals surface area contributed by atoms with Gasteiger partial charge in [0.15, 0.2) is 0 Å². The Labute approximate surface area is 144 Å². The highest BCUT2D eigenvalue weighted by Crippen LogP contribution is 2.22. The van der Waals surface area contributed by atoms with Gasteiger partial charge in [0.05, 0.1) is 7.11 Å². The topological polar surface area (TPSA) is 38.3 Å². The van der Waals surface area contributed by atoms with Crippen LogP contribution < -0.4 is 10.1 Å². The molecule has 0 aliphatic heterocycles. The summed E-state index contributed by atoms with van der Waals surface area (Å²) in [5, 5.41) is 2.88. The molecule has 0 atom stereocenters. The van der Waals surface area contributed by atoms with E-state index in [-0.39, 0.29) is 11.3 Å². The van der Waals surface area contributed by atoms with Crippen LogP contribution in [0.3, 0.4) is 0 Å². The Morgan fingerprint density at radius 2 is 1.67 bits per heavy atom. The number of carbonyl (C=O) groups excluding carboxylic acids is 1. The first-order valence-electron chi connectivity index (χ1n) is 8.08. The molecule has 0 aromatic heterocycles. The number of nitrogens with one attached hydrogen (secondary N) is 1. The highest BCUT2D eigenvalue weighted by atomic mass is 16.5. The van der Waals surface area contributed by atoms with Gasteiger partial charge in [0.25, 0.3) is 0 Å². The monoisotopic (exact) mass is 323 g/mol. The summed E-state index contributed by atoms with van der Waals surface area (Å²) < 4.78 is 5.11. The van der Waals surface area contributed by atoms with Crippen molar-refractivity contribution in [1.29, 1.82) is 0 Å². The first-order chi connectivity index (χ1) is 11.4. The number of amides is 1. The number of ether oxygens (including phenoxy) is 1. The largest absolute Gasteiger partial charge is 0.497 e. The third-order valence-electron chi connectivity index (χ3n) is 3.83. The van der Waals surface area contributed by atoms with E-state index in [1.807, 2.05) is 42.5 Å². The molecule has 3 heteroatoms. The molecule has 0 aliphatic rings. The van der Waals surface area contributed by atoms with Gasteiger partial charge in [0.1, 0.15) is 5.75 Å². The van der Waals surface area contributed by atoms with E-state index in [1.165, 1.54) is 5.56 Å². The van der Waals surface area contributed by atoms with Gasteiger partial charge in [-0.05, 0) is 40.3 Å². The SMILES string of the molecule is COc1ccc(CNC(=O)/C=C/c2ccc(C(C)(C)C)cc2)cc1. The molecule has 2 rings (SSSR count). The predicted octanol–water partition coefficient (Wildman–Crippen LogP) is 4.32. The Hall–Kier alpha value is -2.55. The standard InChI is InChI=1S/C21H25NO2/c1-21(2,3)18-10-5-16(6-11-18)9-14-20(23)22-15-17-7-12-19(24-4)13-8-17/h5-14H,15H2,1-4H3,(H,22,23)/b14-9+. The van der Waals surface area contributed by atoms with Crippen LogP contribution >= 0.6 is 0 Å². The van der Waals surface area contributed by atoms with Crippen molar-refractivity contribution in [3.8, 4) is 5.75 Å². The third kappa shape index (κ3) is 5.27. The maximum Gasteiger partial charge on any atom is 0.244 e. The lowest BCUT2D eigenvalue weighted by molar-refractivity contribution is -0.116. The van der Waals surface area contributed by atoms with E-state index >= 15 is 0 Å². The van der Waals surface area contributed by atoms with Gasteiger partial charge in [-0.25, -0.2) is 0 Å². The zero-order valence-corrected chi connectivity index (χ0v) is 14.8. The molecule has 0 spiro atoms. The van der Waals surface area contributed by atoms with Gasteiger partial charge in [-0.3, -0.25) is 4.79 Å². The summed E-state index contributed by atoms with van der Waals surface area (Å²) in [6, 6.07) is 15.9. The summed E-state index contributed by atoms with van der Waals surface area (Å²) >= 11 is 0. The van der Waals surface area contributed by atoms with Crippen molar-refractivity contribution in [3.63, 3.8) is 0 Å². The number of hydrogen-bond acceptors (Lipinski definition) is 2. The summed E-state index contributed by atoms with van der Waals surface area (Å²) in [6.45, 7) is 7.05. The molecular formula is C21H25NO2. The Morgan fingerprint density at radius 1 is 1.04 bits per heavy atom. The molecule has 1 amide bonds. The molecule has 0 saturated carbocycles. The predicted molar refractivity (Wildman–Crippen MR) is 99.0 cm³/mol. The molecule has 3 nitrogen and oxygen atoms in total. The molecule has 0 aliphatic carbocycles. The molecule has 0 radical (unpaired) electrons. The Kier molecular flexibility index (Phi) is 5.80. The normalized spacial score (nSPS) is 11.5. The Bertz CT molecular complexity index is 692. The molecule has 2 aromatic rings. The molecule has 0 fully saturated rings. The van der Waals surface area contributed by atoms with Gasteiger partial charge >= 0.3 is 0 Å². The van der Waals surface area contributed by atoms with Crippen LogP contribution in [-0.2, 0) is 16.8 Å². The van der Waals surface area contributed by atoms with Crippen molar-refractivity contribution >= 4 is 12.0 Å². The zero-order valence-electron chi connectivity index (χ0n) is 14.8. The van der Waals surface area contributed by atoms with Crippen molar-refractivity contribution in [3.05, 3.63) is 71.3 Å². The van der Waals surface area contributed by atoms with Crippen LogP contribution in [0.1, 0.15) is 37.5 Å². The zero-order chi connectivity index (χ0) is 17.6. The van der Waals surface area contributed by atoms with E-state index in [2.05, 4.69) is 38.2 Å². The molecule has 1 N–H and O–H groups in total. The van der Waals surface area contributed by atoms with E-state index in [1.54, 1.807) is 13.2 Å². The van der Waals surface area contributed by atoms with E-state index in [9.17, 15) is 4.79 Å². The van der Waals surface area contributed by atoms with Crippen molar-refractivity contribution in [2.75, 3.05) is 7.11 Å². The van der Waals surface area contributed by atoms with E-state index < -0.39 is 0 Å². The maximum atomic E-state index is 11.9. The van der Waals surface area contributed by atoms with Gasteiger partial charge in [0.2, 0.25) is 5.91 Å². The Balaban J connectivity index is 1.88. The fourth-order valence-electron chi connectivity index (χ4n) is 2.26. The first-order valence-corrected chi connectivity index (χ1v) is 8.08. The number of carbonyl (C=O) groups is 1. The van der Waals surface area contributed by atoms with E-state index in [0.29, 0.717) is 6.54 Å². The summed E-state index contributed by atoms with van der Waals surface area (Å²) in [4.78, 5) is 11.9. The maximum absolute atomic E-state index is 11.9. The fraction of sp³-hybridized carbons (Fsp3) is 0.286. The van der Waals surface area contributed by atoms with Gasteiger partial charge in [-0.15, -0.1) is 0 Å². The second kappa shape index (κ2) is 7.82. The van der Waals surface area contributed by atoms with Crippen molar-refractivity contribution in [2.24, 2.45) is 0 Å². The fourth-order valence-corrected chi connectivity index (χ4v) is 2.26. The van der Waals surface area contributed by atoms with Crippen LogP contribution in [0.25, 0.3) is 6.08 Å². The van der Waals surface area contributed by atoms with Crippen molar-refractivity contribution < 1.29 is 9.53 Å². The lowest BCUT2D eigenvalue weighted by Crippen LogP contribution is -2.20. The average molecular weight is 323 g/mol. The lowest BCUT2D eigenvalue weighted by atomic mass is 9.87. The lowest BCUT2D eigenvalue weighted by Gasteiger charge is -2.18.